The molecule has 17 heavy (non-hydrogen) atoms. The van der Waals surface area contributed by atoms with Gasteiger partial charge in [0.05, 0.1) is 6.10 Å². The molecular formula is C14H20N2O. The largest absolute Gasteiger partial charge is 0.490 e. The molecule has 1 saturated carbocycles. The van der Waals surface area contributed by atoms with Crippen molar-refractivity contribution in [2.45, 2.75) is 44.6 Å². The van der Waals surface area contributed by atoms with Crippen molar-refractivity contribution in [1.82, 2.24) is 0 Å². The zero-order chi connectivity index (χ0) is 12.1. The number of benzene rings is 1. The van der Waals surface area contributed by atoms with Crippen LogP contribution in [0.3, 0.4) is 0 Å². The van der Waals surface area contributed by atoms with E-state index in [2.05, 4.69) is 0 Å². The van der Waals surface area contributed by atoms with Gasteiger partial charge >= 0.3 is 0 Å². The van der Waals surface area contributed by atoms with Gasteiger partial charge < -0.3 is 10.5 Å². The monoisotopic (exact) mass is 232 g/mol. The van der Waals surface area contributed by atoms with Gasteiger partial charge in [0.15, 0.2) is 0 Å². The quantitative estimate of drug-likeness (QED) is 0.478. The van der Waals surface area contributed by atoms with Gasteiger partial charge in [-0.15, -0.1) is 0 Å². The van der Waals surface area contributed by atoms with E-state index in [9.17, 15) is 0 Å². The van der Waals surface area contributed by atoms with Gasteiger partial charge in [0.1, 0.15) is 11.6 Å². The fourth-order valence-electron chi connectivity index (χ4n) is 2.27. The Kier molecular flexibility index (Phi) is 4.02. The molecular weight excluding hydrogens is 212 g/mol. The lowest BCUT2D eigenvalue weighted by molar-refractivity contribution is 0.184. The molecule has 3 N–H and O–H groups in total. The number of nitrogens with two attached hydrogens (primary N) is 1. The van der Waals surface area contributed by atoms with E-state index in [0.717, 1.165) is 24.2 Å². The van der Waals surface area contributed by atoms with Crippen molar-refractivity contribution in [2.75, 3.05) is 0 Å². The van der Waals surface area contributed by atoms with Crippen LogP contribution in [0.25, 0.3) is 0 Å². The Morgan fingerprint density at radius 2 is 1.65 bits per heavy atom. The smallest absolute Gasteiger partial charge is 0.122 e. The first-order chi connectivity index (χ1) is 8.25. The number of ether oxygens (including phenoxy) is 1. The molecule has 0 spiro atoms. The average Bonchev–Trinajstić information content (AvgIpc) is 2.58. The Balaban J connectivity index is 1.95. The molecule has 0 bridgehead atoms. The SMILES string of the molecule is N=C(N)c1ccc(OC2CCCCCC2)cc1. The van der Waals surface area contributed by atoms with Crippen LogP contribution in [0.4, 0.5) is 0 Å². The maximum absolute atomic E-state index is 7.32. The van der Waals surface area contributed by atoms with E-state index in [4.69, 9.17) is 15.9 Å². The summed E-state index contributed by atoms with van der Waals surface area (Å²) in [6.45, 7) is 0. The molecule has 1 aromatic rings. The van der Waals surface area contributed by atoms with Crippen LogP contribution < -0.4 is 10.5 Å². The first-order valence-corrected chi connectivity index (χ1v) is 6.37. The Morgan fingerprint density at radius 1 is 1.06 bits per heavy atom. The minimum atomic E-state index is 0.103. The fraction of sp³-hybridized carbons (Fsp3) is 0.500. The second-order valence-electron chi connectivity index (χ2n) is 4.67. The van der Waals surface area contributed by atoms with Gasteiger partial charge in [-0.2, -0.15) is 0 Å². The molecule has 0 amide bonds. The summed E-state index contributed by atoms with van der Waals surface area (Å²) in [4.78, 5) is 0. The molecule has 0 radical (unpaired) electrons. The molecule has 0 unspecified atom stereocenters. The molecule has 0 aromatic heterocycles. The highest BCUT2D eigenvalue weighted by Crippen LogP contribution is 2.22. The number of nitrogens with one attached hydrogen (secondary N) is 1. The van der Waals surface area contributed by atoms with Crippen LogP contribution in [-0.4, -0.2) is 11.9 Å². The summed E-state index contributed by atoms with van der Waals surface area (Å²) in [5.74, 6) is 0.993. The molecule has 3 heteroatoms. The lowest BCUT2D eigenvalue weighted by Gasteiger charge is -2.17. The summed E-state index contributed by atoms with van der Waals surface area (Å²) >= 11 is 0. The Labute approximate surface area is 102 Å². The van der Waals surface area contributed by atoms with Gasteiger partial charge in [-0.25, -0.2) is 0 Å². The molecule has 1 aliphatic carbocycles. The van der Waals surface area contributed by atoms with Crippen molar-refractivity contribution in [3.63, 3.8) is 0 Å². The summed E-state index contributed by atoms with van der Waals surface area (Å²) < 4.78 is 5.96. The number of rotatable bonds is 3. The third kappa shape index (κ3) is 3.48. The summed E-state index contributed by atoms with van der Waals surface area (Å²) in [6.07, 6.45) is 7.90. The van der Waals surface area contributed by atoms with Crippen LogP contribution in [0.5, 0.6) is 5.75 Å². The Morgan fingerprint density at radius 3 is 2.18 bits per heavy atom. The van der Waals surface area contributed by atoms with Crippen LogP contribution in [0.2, 0.25) is 0 Å². The predicted octanol–water partition coefficient (Wildman–Crippen LogP) is 3.07. The van der Waals surface area contributed by atoms with Gasteiger partial charge in [0.2, 0.25) is 0 Å². The first kappa shape index (κ1) is 12.0. The van der Waals surface area contributed by atoms with Crippen molar-refractivity contribution in [3.05, 3.63) is 29.8 Å². The van der Waals surface area contributed by atoms with Gasteiger partial charge in [-0.05, 0) is 49.9 Å². The molecule has 0 aliphatic heterocycles. The van der Waals surface area contributed by atoms with Crippen LogP contribution in [0.15, 0.2) is 24.3 Å². The standard InChI is InChI=1S/C14H20N2O/c15-14(16)11-7-9-13(10-8-11)17-12-5-3-1-2-4-6-12/h7-10,12H,1-6H2,(H3,15,16). The van der Waals surface area contributed by atoms with E-state index < -0.39 is 0 Å². The molecule has 1 aromatic carbocycles. The number of hydrogen-bond donors (Lipinski definition) is 2. The highest BCUT2D eigenvalue weighted by Gasteiger charge is 2.13. The van der Waals surface area contributed by atoms with E-state index >= 15 is 0 Å². The zero-order valence-corrected chi connectivity index (χ0v) is 10.1. The Hall–Kier alpha value is -1.51. The van der Waals surface area contributed by atoms with E-state index in [1.807, 2.05) is 24.3 Å². The van der Waals surface area contributed by atoms with Crippen LogP contribution in [0.1, 0.15) is 44.1 Å². The summed E-state index contributed by atoms with van der Waals surface area (Å²) in [7, 11) is 0. The molecule has 2 rings (SSSR count). The number of nitrogen functional groups attached to an aromatic ring is 1. The second-order valence-corrected chi connectivity index (χ2v) is 4.67. The van der Waals surface area contributed by atoms with E-state index in [1.54, 1.807) is 0 Å². The van der Waals surface area contributed by atoms with Crippen molar-refractivity contribution in [1.29, 1.82) is 5.41 Å². The topological polar surface area (TPSA) is 59.1 Å². The molecule has 0 heterocycles. The third-order valence-electron chi connectivity index (χ3n) is 3.27. The zero-order valence-electron chi connectivity index (χ0n) is 10.1. The highest BCUT2D eigenvalue weighted by molar-refractivity contribution is 5.94. The minimum absolute atomic E-state index is 0.103. The highest BCUT2D eigenvalue weighted by atomic mass is 16.5. The van der Waals surface area contributed by atoms with E-state index in [0.29, 0.717) is 6.10 Å². The molecule has 1 aliphatic rings. The fourth-order valence-corrected chi connectivity index (χ4v) is 2.27. The summed E-state index contributed by atoms with van der Waals surface area (Å²) in [5, 5.41) is 7.32. The molecule has 0 saturated heterocycles. The molecule has 1 fully saturated rings. The maximum atomic E-state index is 7.32. The molecule has 3 nitrogen and oxygen atoms in total. The van der Waals surface area contributed by atoms with Crippen molar-refractivity contribution in [2.24, 2.45) is 5.73 Å². The lowest BCUT2D eigenvalue weighted by Crippen LogP contribution is -2.15. The number of hydrogen-bond acceptors (Lipinski definition) is 2. The van der Waals surface area contributed by atoms with Crippen LogP contribution in [0, 0.1) is 5.41 Å². The van der Waals surface area contributed by atoms with Crippen LogP contribution >= 0.6 is 0 Å². The summed E-state index contributed by atoms with van der Waals surface area (Å²) in [5.41, 5.74) is 6.16. The van der Waals surface area contributed by atoms with Gasteiger partial charge in [-0.1, -0.05) is 12.8 Å². The minimum Gasteiger partial charge on any atom is -0.490 e. The molecule has 92 valence electrons. The van der Waals surface area contributed by atoms with Gasteiger partial charge in [0.25, 0.3) is 0 Å². The lowest BCUT2D eigenvalue weighted by atomic mass is 10.1. The predicted molar refractivity (Wildman–Crippen MR) is 69.6 cm³/mol. The normalized spacial score (nSPS) is 17.4. The maximum Gasteiger partial charge on any atom is 0.122 e. The Bertz CT molecular complexity index is 364. The molecule has 0 atom stereocenters. The van der Waals surface area contributed by atoms with E-state index in [-0.39, 0.29) is 5.84 Å². The first-order valence-electron chi connectivity index (χ1n) is 6.37. The van der Waals surface area contributed by atoms with Gasteiger partial charge in [0, 0.05) is 5.56 Å². The van der Waals surface area contributed by atoms with Crippen LogP contribution in [-0.2, 0) is 0 Å². The van der Waals surface area contributed by atoms with Crippen molar-refractivity contribution in [3.8, 4) is 5.75 Å². The number of amidine groups is 1. The van der Waals surface area contributed by atoms with Gasteiger partial charge in [-0.3, -0.25) is 5.41 Å². The summed E-state index contributed by atoms with van der Waals surface area (Å²) in [6, 6.07) is 7.49. The second kappa shape index (κ2) is 5.71. The van der Waals surface area contributed by atoms with E-state index in [1.165, 1.54) is 25.7 Å². The van der Waals surface area contributed by atoms with Crippen molar-refractivity contribution >= 4 is 5.84 Å². The van der Waals surface area contributed by atoms with Crippen molar-refractivity contribution < 1.29 is 4.74 Å². The average molecular weight is 232 g/mol. The third-order valence-corrected chi connectivity index (χ3v) is 3.27.